The fourth-order valence-electron chi connectivity index (χ4n) is 3.45. The highest BCUT2D eigenvalue weighted by molar-refractivity contribution is 5.77. The largest absolute Gasteiger partial charge is 0.496 e. The van der Waals surface area contributed by atoms with Gasteiger partial charge in [0.2, 0.25) is 5.91 Å². The zero-order valence-electron chi connectivity index (χ0n) is 14.3. The summed E-state index contributed by atoms with van der Waals surface area (Å²) in [6.07, 6.45) is 5.51. The standard InChI is InChI=1S/C19H29NO3/c1-3-13-20-16(8-6-10-19(20)22)11-12-17(21)14-15-7-4-5-9-18(15)23-2/h4-5,7,9,16-17,21H,3,6,8,10-14H2,1-2H3. The van der Waals surface area contributed by atoms with E-state index in [1.165, 1.54) is 0 Å². The molecule has 0 bridgehead atoms. The van der Waals surface area contributed by atoms with Crippen LogP contribution in [0.15, 0.2) is 24.3 Å². The van der Waals surface area contributed by atoms with Gasteiger partial charge in [-0.2, -0.15) is 0 Å². The predicted octanol–water partition coefficient (Wildman–Crippen LogP) is 3.17. The van der Waals surface area contributed by atoms with E-state index in [2.05, 4.69) is 6.92 Å². The number of nitrogens with zero attached hydrogens (tertiary/aromatic N) is 1. The number of hydrogen-bond acceptors (Lipinski definition) is 3. The van der Waals surface area contributed by atoms with Crippen molar-refractivity contribution in [2.45, 2.75) is 64.0 Å². The molecule has 128 valence electrons. The molecule has 1 amide bonds. The molecule has 4 heteroatoms. The number of carbonyl (C=O) groups is 1. The number of aliphatic hydroxyl groups is 1. The number of carbonyl (C=O) groups excluding carboxylic acids is 1. The van der Waals surface area contributed by atoms with Gasteiger partial charge >= 0.3 is 0 Å². The molecule has 0 radical (unpaired) electrons. The molecule has 1 saturated heterocycles. The molecule has 1 aliphatic heterocycles. The molecule has 0 aliphatic carbocycles. The molecule has 1 N–H and O–H groups in total. The molecule has 1 heterocycles. The SMILES string of the molecule is CCCN1C(=O)CCCC1CCC(O)Cc1ccccc1OC. The van der Waals surface area contributed by atoms with Crippen LogP contribution in [0.1, 0.15) is 51.0 Å². The summed E-state index contributed by atoms with van der Waals surface area (Å²) < 4.78 is 5.34. The van der Waals surface area contributed by atoms with Crippen molar-refractivity contribution in [2.75, 3.05) is 13.7 Å². The minimum atomic E-state index is -0.396. The van der Waals surface area contributed by atoms with Crippen LogP contribution in [0.3, 0.4) is 0 Å². The third kappa shape index (κ3) is 4.96. The van der Waals surface area contributed by atoms with Crippen molar-refractivity contribution in [3.63, 3.8) is 0 Å². The Morgan fingerprint density at radius 2 is 2.17 bits per heavy atom. The summed E-state index contributed by atoms with van der Waals surface area (Å²) in [6.45, 7) is 2.95. The first-order valence-electron chi connectivity index (χ1n) is 8.75. The highest BCUT2D eigenvalue weighted by Crippen LogP contribution is 2.25. The molecule has 1 aliphatic rings. The number of aliphatic hydroxyl groups excluding tert-OH is 1. The molecule has 23 heavy (non-hydrogen) atoms. The van der Waals surface area contributed by atoms with Crippen molar-refractivity contribution in [1.29, 1.82) is 0 Å². The first-order chi connectivity index (χ1) is 11.2. The quantitative estimate of drug-likeness (QED) is 0.800. The van der Waals surface area contributed by atoms with E-state index in [1.54, 1.807) is 7.11 Å². The van der Waals surface area contributed by atoms with Gasteiger partial charge in [-0.05, 0) is 43.7 Å². The summed E-state index contributed by atoms with van der Waals surface area (Å²) in [4.78, 5) is 14.1. The summed E-state index contributed by atoms with van der Waals surface area (Å²) in [5.74, 6) is 1.11. The van der Waals surface area contributed by atoms with Gasteiger partial charge in [0.05, 0.1) is 13.2 Å². The molecule has 2 unspecified atom stereocenters. The van der Waals surface area contributed by atoms with Gasteiger partial charge in [0.1, 0.15) is 5.75 Å². The smallest absolute Gasteiger partial charge is 0.222 e. The number of hydrogen-bond donors (Lipinski definition) is 1. The third-order valence-corrected chi connectivity index (χ3v) is 4.63. The maximum absolute atomic E-state index is 12.1. The molecular weight excluding hydrogens is 290 g/mol. The topological polar surface area (TPSA) is 49.8 Å². The molecule has 0 spiro atoms. The van der Waals surface area contributed by atoms with Crippen LogP contribution in [0.4, 0.5) is 0 Å². The Morgan fingerprint density at radius 3 is 2.91 bits per heavy atom. The molecule has 2 rings (SSSR count). The number of likely N-dealkylation sites (tertiary alicyclic amines) is 1. The van der Waals surface area contributed by atoms with Crippen molar-refractivity contribution in [3.8, 4) is 5.75 Å². The number of benzene rings is 1. The Kier molecular flexibility index (Phi) is 6.90. The Labute approximate surface area is 139 Å². The van der Waals surface area contributed by atoms with Crippen LogP contribution in [0.25, 0.3) is 0 Å². The molecule has 0 saturated carbocycles. The first-order valence-corrected chi connectivity index (χ1v) is 8.75. The van der Waals surface area contributed by atoms with E-state index in [1.807, 2.05) is 29.2 Å². The summed E-state index contributed by atoms with van der Waals surface area (Å²) in [5.41, 5.74) is 1.03. The second-order valence-corrected chi connectivity index (χ2v) is 6.38. The number of para-hydroxylation sites is 1. The van der Waals surface area contributed by atoms with Gasteiger partial charge in [0.15, 0.2) is 0 Å². The van der Waals surface area contributed by atoms with Crippen LogP contribution in [0, 0.1) is 0 Å². The van der Waals surface area contributed by atoms with Crippen LogP contribution in [-0.4, -0.2) is 41.7 Å². The lowest BCUT2D eigenvalue weighted by atomic mass is 9.94. The minimum Gasteiger partial charge on any atom is -0.496 e. The maximum atomic E-state index is 12.1. The molecular formula is C19H29NO3. The summed E-state index contributed by atoms with van der Waals surface area (Å²) in [7, 11) is 1.65. The second kappa shape index (κ2) is 8.92. The van der Waals surface area contributed by atoms with Crippen molar-refractivity contribution in [1.82, 2.24) is 4.90 Å². The lowest BCUT2D eigenvalue weighted by molar-refractivity contribution is -0.136. The minimum absolute atomic E-state index is 0.280. The van der Waals surface area contributed by atoms with Gasteiger partial charge in [0.25, 0.3) is 0 Å². The molecule has 4 nitrogen and oxygen atoms in total. The Bertz CT molecular complexity index is 503. The molecule has 1 aromatic carbocycles. The summed E-state index contributed by atoms with van der Waals surface area (Å²) in [5, 5.41) is 10.4. The predicted molar refractivity (Wildman–Crippen MR) is 91.6 cm³/mol. The van der Waals surface area contributed by atoms with E-state index in [0.29, 0.717) is 18.9 Å². The molecule has 1 aromatic rings. The van der Waals surface area contributed by atoms with Crippen LogP contribution in [0.5, 0.6) is 5.75 Å². The third-order valence-electron chi connectivity index (χ3n) is 4.63. The van der Waals surface area contributed by atoms with Gasteiger partial charge in [-0.3, -0.25) is 4.79 Å². The van der Waals surface area contributed by atoms with Crippen LogP contribution < -0.4 is 4.74 Å². The molecule has 0 aromatic heterocycles. The van der Waals surface area contributed by atoms with E-state index in [9.17, 15) is 9.90 Å². The normalized spacial score (nSPS) is 19.7. The Morgan fingerprint density at radius 1 is 1.39 bits per heavy atom. The molecule has 1 fully saturated rings. The van der Waals surface area contributed by atoms with Crippen LogP contribution >= 0.6 is 0 Å². The summed E-state index contributed by atoms with van der Waals surface area (Å²) in [6, 6.07) is 8.11. The fraction of sp³-hybridized carbons (Fsp3) is 0.632. The van der Waals surface area contributed by atoms with E-state index in [0.717, 1.165) is 50.0 Å². The first kappa shape index (κ1) is 17.8. The fourth-order valence-corrected chi connectivity index (χ4v) is 3.45. The van der Waals surface area contributed by atoms with Crippen LogP contribution in [0.2, 0.25) is 0 Å². The van der Waals surface area contributed by atoms with Crippen LogP contribution in [-0.2, 0) is 11.2 Å². The Hall–Kier alpha value is -1.55. The van der Waals surface area contributed by atoms with Gasteiger partial charge in [0, 0.05) is 25.4 Å². The second-order valence-electron chi connectivity index (χ2n) is 6.38. The van der Waals surface area contributed by atoms with E-state index < -0.39 is 6.10 Å². The number of piperidine rings is 1. The lowest BCUT2D eigenvalue weighted by Crippen LogP contribution is -2.44. The zero-order valence-corrected chi connectivity index (χ0v) is 14.3. The number of ether oxygens (including phenoxy) is 1. The van der Waals surface area contributed by atoms with Crippen molar-refractivity contribution >= 4 is 5.91 Å². The highest BCUT2D eigenvalue weighted by Gasteiger charge is 2.27. The summed E-state index contributed by atoms with van der Waals surface area (Å²) >= 11 is 0. The average molecular weight is 319 g/mol. The van der Waals surface area contributed by atoms with Gasteiger partial charge in [-0.15, -0.1) is 0 Å². The van der Waals surface area contributed by atoms with Gasteiger partial charge < -0.3 is 14.7 Å². The Balaban J connectivity index is 1.87. The van der Waals surface area contributed by atoms with Gasteiger partial charge in [-0.25, -0.2) is 0 Å². The van der Waals surface area contributed by atoms with Crippen molar-refractivity contribution in [3.05, 3.63) is 29.8 Å². The van der Waals surface area contributed by atoms with E-state index in [-0.39, 0.29) is 5.91 Å². The van der Waals surface area contributed by atoms with Crippen molar-refractivity contribution in [2.24, 2.45) is 0 Å². The number of amides is 1. The maximum Gasteiger partial charge on any atom is 0.222 e. The highest BCUT2D eigenvalue weighted by atomic mass is 16.5. The average Bonchev–Trinajstić information content (AvgIpc) is 2.56. The van der Waals surface area contributed by atoms with Gasteiger partial charge in [-0.1, -0.05) is 25.1 Å². The zero-order chi connectivity index (χ0) is 16.7. The van der Waals surface area contributed by atoms with Crippen molar-refractivity contribution < 1.29 is 14.6 Å². The number of rotatable bonds is 8. The number of methoxy groups -OCH3 is 1. The van der Waals surface area contributed by atoms with E-state index >= 15 is 0 Å². The van der Waals surface area contributed by atoms with E-state index in [4.69, 9.17) is 4.74 Å². The monoisotopic (exact) mass is 319 g/mol. The lowest BCUT2D eigenvalue weighted by Gasteiger charge is -2.36. The molecule has 2 atom stereocenters.